The maximum absolute atomic E-state index is 8.71. The van der Waals surface area contributed by atoms with Crippen LogP contribution in [-0.2, 0) is 50.7 Å². The third-order valence-electron chi connectivity index (χ3n) is 6.46. The van der Waals surface area contributed by atoms with Gasteiger partial charge in [0.15, 0.2) is 0 Å². The summed E-state index contributed by atoms with van der Waals surface area (Å²) in [5.41, 5.74) is 4.87. The summed E-state index contributed by atoms with van der Waals surface area (Å²) in [5.74, 6) is 0. The van der Waals surface area contributed by atoms with Crippen LogP contribution in [0.4, 0.5) is 0 Å². The molecule has 0 spiro atoms. The first-order valence-corrected chi connectivity index (χ1v) is 16.1. The predicted octanol–water partition coefficient (Wildman–Crippen LogP) is 3.44. The van der Waals surface area contributed by atoms with Crippen LogP contribution in [0, 0.1) is 0 Å². The van der Waals surface area contributed by atoms with Crippen molar-refractivity contribution in [1.29, 1.82) is 0 Å². The summed E-state index contributed by atoms with van der Waals surface area (Å²) in [6.07, 6.45) is 5.77. The molecule has 0 amide bonds. The zero-order valence-corrected chi connectivity index (χ0v) is 27.2. The summed E-state index contributed by atoms with van der Waals surface area (Å²) in [5, 5.41) is 17.4. The lowest BCUT2D eigenvalue weighted by atomic mass is 9.95. The van der Waals surface area contributed by atoms with Gasteiger partial charge in [-0.1, -0.05) is 72.8 Å². The van der Waals surface area contributed by atoms with E-state index in [0.717, 1.165) is 12.8 Å². The van der Waals surface area contributed by atoms with Gasteiger partial charge in [0, 0.05) is 0 Å². The summed E-state index contributed by atoms with van der Waals surface area (Å²) in [6.45, 7) is 7.43. The Kier molecular flexibility index (Phi) is 25.8. The second-order valence-electron chi connectivity index (χ2n) is 10.1. The van der Waals surface area contributed by atoms with Crippen molar-refractivity contribution in [2.75, 3.05) is 119 Å². The molecule has 0 unspecified atom stereocenters. The standard InChI is InChI=1S/C36H54O10/c37-13-16-40-19-22-43-25-24-42-21-18-39-15-7-12-35(30-33-8-3-1-4-9-33)36(31-34-10-5-2-6-11-34)32-46-29-28-45-27-26-44-23-20-41-17-14-38/h1-12,37-38H,13-32H2/b12-7+,36-35-. The van der Waals surface area contributed by atoms with Crippen LogP contribution in [-0.4, -0.2) is 129 Å². The van der Waals surface area contributed by atoms with Crippen molar-refractivity contribution in [2.24, 2.45) is 0 Å². The maximum atomic E-state index is 8.71. The minimum atomic E-state index is 0.0170. The first-order chi connectivity index (χ1) is 22.8. The van der Waals surface area contributed by atoms with Crippen molar-refractivity contribution in [3.8, 4) is 0 Å². The summed E-state index contributed by atoms with van der Waals surface area (Å²) < 4.78 is 44.3. The van der Waals surface area contributed by atoms with Gasteiger partial charge < -0.3 is 48.1 Å². The lowest BCUT2D eigenvalue weighted by Gasteiger charge is -2.15. The number of rotatable bonds is 31. The number of hydrogen-bond donors (Lipinski definition) is 2. The molecule has 0 radical (unpaired) electrons. The van der Waals surface area contributed by atoms with Crippen LogP contribution < -0.4 is 0 Å². The highest BCUT2D eigenvalue weighted by molar-refractivity contribution is 5.36. The Labute approximate surface area is 274 Å². The first kappa shape index (κ1) is 39.7. The van der Waals surface area contributed by atoms with Gasteiger partial charge in [-0.2, -0.15) is 0 Å². The molecule has 0 fully saturated rings. The number of ether oxygens (including phenoxy) is 8. The molecule has 46 heavy (non-hydrogen) atoms. The van der Waals surface area contributed by atoms with E-state index in [0.29, 0.717) is 106 Å². The molecule has 2 rings (SSSR count). The Hall–Kier alpha value is -2.48. The van der Waals surface area contributed by atoms with Crippen LogP contribution in [0.1, 0.15) is 11.1 Å². The molecule has 0 aliphatic rings. The Morgan fingerprint density at radius 1 is 0.457 bits per heavy atom. The van der Waals surface area contributed by atoms with Crippen molar-refractivity contribution in [1.82, 2.24) is 0 Å². The van der Waals surface area contributed by atoms with Crippen LogP contribution in [0.25, 0.3) is 0 Å². The molecule has 0 bridgehead atoms. The van der Waals surface area contributed by atoms with Crippen molar-refractivity contribution < 1.29 is 48.1 Å². The van der Waals surface area contributed by atoms with Crippen LogP contribution in [0.3, 0.4) is 0 Å². The third kappa shape index (κ3) is 22.1. The normalized spacial score (nSPS) is 12.2. The zero-order chi connectivity index (χ0) is 32.6. The fraction of sp³-hybridized carbons (Fsp3) is 0.556. The largest absolute Gasteiger partial charge is 0.394 e. The predicted molar refractivity (Wildman–Crippen MR) is 177 cm³/mol. The smallest absolute Gasteiger partial charge is 0.0704 e. The van der Waals surface area contributed by atoms with Crippen molar-refractivity contribution in [2.45, 2.75) is 12.8 Å². The van der Waals surface area contributed by atoms with Gasteiger partial charge in [-0.3, -0.25) is 0 Å². The highest BCUT2D eigenvalue weighted by atomic mass is 16.6. The molecule has 2 N–H and O–H groups in total. The summed E-state index contributed by atoms with van der Waals surface area (Å²) in [4.78, 5) is 0. The SMILES string of the molecule is OCCOCCOCCOCCOC/C=C/C(Cc1ccccc1)=C(/COCCOCCOCCOCCO)Cc1ccccc1. The van der Waals surface area contributed by atoms with Gasteiger partial charge in [0.2, 0.25) is 0 Å². The number of aliphatic hydroxyl groups is 2. The van der Waals surface area contributed by atoms with Crippen molar-refractivity contribution >= 4 is 0 Å². The molecule has 258 valence electrons. The molecule has 10 heteroatoms. The number of benzene rings is 2. The van der Waals surface area contributed by atoms with E-state index in [2.05, 4.69) is 60.7 Å². The van der Waals surface area contributed by atoms with E-state index in [4.69, 9.17) is 48.1 Å². The zero-order valence-electron chi connectivity index (χ0n) is 27.2. The van der Waals surface area contributed by atoms with Crippen molar-refractivity contribution in [3.05, 3.63) is 95.1 Å². The van der Waals surface area contributed by atoms with E-state index in [1.54, 1.807) is 0 Å². The first-order valence-electron chi connectivity index (χ1n) is 16.1. The van der Waals surface area contributed by atoms with E-state index < -0.39 is 0 Å². The average molecular weight is 647 g/mol. The quantitative estimate of drug-likeness (QED) is 0.0933. The second-order valence-corrected chi connectivity index (χ2v) is 10.1. The van der Waals surface area contributed by atoms with Gasteiger partial charge in [0.25, 0.3) is 0 Å². The van der Waals surface area contributed by atoms with Gasteiger partial charge in [0.1, 0.15) is 0 Å². The number of aliphatic hydroxyl groups excluding tert-OH is 2. The highest BCUT2D eigenvalue weighted by Crippen LogP contribution is 2.19. The lowest BCUT2D eigenvalue weighted by Crippen LogP contribution is -2.14. The molecule has 0 aliphatic heterocycles. The van der Waals surface area contributed by atoms with Crippen molar-refractivity contribution in [3.63, 3.8) is 0 Å². The Balaban J connectivity index is 1.83. The lowest BCUT2D eigenvalue weighted by molar-refractivity contribution is -0.00378. The fourth-order valence-corrected chi connectivity index (χ4v) is 4.20. The van der Waals surface area contributed by atoms with E-state index in [1.165, 1.54) is 22.3 Å². The van der Waals surface area contributed by atoms with Crippen LogP contribution in [0.5, 0.6) is 0 Å². The molecule has 0 atom stereocenters. The minimum Gasteiger partial charge on any atom is -0.394 e. The molecular formula is C36H54O10. The molecule has 0 saturated heterocycles. The van der Waals surface area contributed by atoms with E-state index in [-0.39, 0.29) is 13.2 Å². The molecule has 2 aromatic rings. The third-order valence-corrected chi connectivity index (χ3v) is 6.46. The van der Waals surface area contributed by atoms with Gasteiger partial charge in [0.05, 0.1) is 119 Å². The van der Waals surface area contributed by atoms with Crippen LogP contribution in [0.15, 0.2) is 84.0 Å². The molecular weight excluding hydrogens is 592 g/mol. The maximum Gasteiger partial charge on any atom is 0.0704 e. The van der Waals surface area contributed by atoms with Gasteiger partial charge >= 0.3 is 0 Å². The van der Waals surface area contributed by atoms with E-state index in [9.17, 15) is 0 Å². The summed E-state index contributed by atoms with van der Waals surface area (Å²) >= 11 is 0. The average Bonchev–Trinajstić information content (AvgIpc) is 3.08. The molecule has 10 nitrogen and oxygen atoms in total. The molecule has 0 aliphatic carbocycles. The monoisotopic (exact) mass is 646 g/mol. The van der Waals surface area contributed by atoms with Crippen LogP contribution >= 0.6 is 0 Å². The Morgan fingerprint density at radius 2 is 0.848 bits per heavy atom. The van der Waals surface area contributed by atoms with Gasteiger partial charge in [-0.25, -0.2) is 0 Å². The molecule has 0 saturated carbocycles. The number of allylic oxidation sites excluding steroid dienone is 2. The molecule has 0 heterocycles. The molecule has 2 aromatic carbocycles. The highest BCUT2D eigenvalue weighted by Gasteiger charge is 2.09. The van der Waals surface area contributed by atoms with Crippen LogP contribution in [0.2, 0.25) is 0 Å². The van der Waals surface area contributed by atoms with E-state index in [1.807, 2.05) is 12.1 Å². The Bertz CT molecular complexity index is 1000. The summed E-state index contributed by atoms with van der Waals surface area (Å²) in [7, 11) is 0. The Morgan fingerprint density at radius 3 is 1.30 bits per heavy atom. The fourth-order valence-electron chi connectivity index (χ4n) is 4.20. The summed E-state index contributed by atoms with van der Waals surface area (Å²) in [6, 6.07) is 20.9. The van der Waals surface area contributed by atoms with Gasteiger partial charge in [-0.05, 0) is 35.1 Å². The minimum absolute atomic E-state index is 0.0170. The van der Waals surface area contributed by atoms with Gasteiger partial charge in [-0.15, -0.1) is 0 Å². The number of hydrogen-bond acceptors (Lipinski definition) is 10. The van der Waals surface area contributed by atoms with E-state index >= 15 is 0 Å². The molecule has 0 aromatic heterocycles. The topological polar surface area (TPSA) is 114 Å². The second kappa shape index (κ2) is 29.9.